The number of carbonyl (C=O) groups is 1. The van der Waals surface area contributed by atoms with Crippen LogP contribution in [0.4, 0.5) is 0 Å². The van der Waals surface area contributed by atoms with E-state index in [0.717, 1.165) is 62.8 Å². The van der Waals surface area contributed by atoms with Gasteiger partial charge in [0.25, 0.3) is 0 Å². The first kappa shape index (κ1) is 17.5. The Labute approximate surface area is 149 Å². The fourth-order valence-electron chi connectivity index (χ4n) is 3.24. The molecule has 0 saturated carbocycles. The first-order valence-corrected chi connectivity index (χ1v) is 9.11. The molecule has 0 N–H and O–H groups in total. The van der Waals surface area contributed by atoms with Gasteiger partial charge in [0.15, 0.2) is 0 Å². The standard InChI is InChI=1S/C19H25ClN2O2/c20-18-4-2-1-3-17(18)6-5-16-7-9-22(10-8-16)19(23)15-21-11-13-24-14-12-21/h1-6,16H,7-15H2/b6-5+. The normalized spacial score (nSPS) is 20.6. The largest absolute Gasteiger partial charge is 0.379 e. The molecule has 2 aliphatic heterocycles. The Hall–Kier alpha value is -1.36. The van der Waals surface area contributed by atoms with Crippen molar-refractivity contribution in [2.45, 2.75) is 12.8 Å². The number of piperidine rings is 1. The molecule has 0 spiro atoms. The minimum absolute atomic E-state index is 0.255. The van der Waals surface area contributed by atoms with E-state index in [9.17, 15) is 4.79 Å². The van der Waals surface area contributed by atoms with Gasteiger partial charge in [-0.15, -0.1) is 0 Å². The molecule has 4 nitrogen and oxygen atoms in total. The minimum Gasteiger partial charge on any atom is -0.379 e. The van der Waals surface area contributed by atoms with Gasteiger partial charge in [0.2, 0.25) is 5.91 Å². The Morgan fingerprint density at radius 3 is 2.58 bits per heavy atom. The number of carbonyl (C=O) groups excluding carboxylic acids is 1. The number of likely N-dealkylation sites (tertiary alicyclic amines) is 1. The number of ether oxygens (including phenoxy) is 1. The van der Waals surface area contributed by atoms with Crippen LogP contribution in [-0.2, 0) is 9.53 Å². The number of halogens is 1. The molecule has 3 rings (SSSR count). The second-order valence-electron chi connectivity index (χ2n) is 6.49. The average Bonchev–Trinajstić information content (AvgIpc) is 2.62. The minimum atomic E-state index is 0.255. The van der Waals surface area contributed by atoms with E-state index < -0.39 is 0 Å². The smallest absolute Gasteiger partial charge is 0.236 e. The number of morpholine rings is 1. The number of nitrogens with zero attached hydrogens (tertiary/aromatic N) is 2. The van der Waals surface area contributed by atoms with Gasteiger partial charge in [0.05, 0.1) is 19.8 Å². The maximum absolute atomic E-state index is 12.4. The number of benzene rings is 1. The van der Waals surface area contributed by atoms with Crippen LogP contribution in [0.1, 0.15) is 18.4 Å². The van der Waals surface area contributed by atoms with Crippen molar-refractivity contribution in [3.63, 3.8) is 0 Å². The highest BCUT2D eigenvalue weighted by molar-refractivity contribution is 6.32. The van der Waals surface area contributed by atoms with Crippen LogP contribution in [-0.4, -0.2) is 61.6 Å². The lowest BCUT2D eigenvalue weighted by Gasteiger charge is -2.33. The highest BCUT2D eigenvalue weighted by Crippen LogP contribution is 2.22. The maximum atomic E-state index is 12.4. The summed E-state index contributed by atoms with van der Waals surface area (Å²) in [5, 5.41) is 0.784. The van der Waals surface area contributed by atoms with Gasteiger partial charge in [0, 0.05) is 31.2 Å². The fourth-order valence-corrected chi connectivity index (χ4v) is 3.44. The van der Waals surface area contributed by atoms with E-state index in [0.29, 0.717) is 12.5 Å². The quantitative estimate of drug-likeness (QED) is 0.838. The molecular weight excluding hydrogens is 324 g/mol. The summed E-state index contributed by atoms with van der Waals surface area (Å²) in [4.78, 5) is 16.6. The molecule has 0 radical (unpaired) electrons. The monoisotopic (exact) mass is 348 g/mol. The number of rotatable bonds is 4. The molecule has 0 aliphatic carbocycles. The van der Waals surface area contributed by atoms with Gasteiger partial charge < -0.3 is 9.64 Å². The third kappa shape index (κ3) is 4.82. The predicted octanol–water partition coefficient (Wildman–Crippen LogP) is 2.92. The van der Waals surface area contributed by atoms with Crippen molar-refractivity contribution in [3.8, 4) is 0 Å². The molecule has 2 heterocycles. The van der Waals surface area contributed by atoms with Gasteiger partial charge in [-0.2, -0.15) is 0 Å². The molecule has 0 unspecified atom stereocenters. The van der Waals surface area contributed by atoms with E-state index in [2.05, 4.69) is 17.1 Å². The molecule has 1 amide bonds. The highest BCUT2D eigenvalue weighted by atomic mass is 35.5. The third-order valence-electron chi connectivity index (χ3n) is 4.81. The van der Waals surface area contributed by atoms with Crippen molar-refractivity contribution in [2.24, 2.45) is 5.92 Å². The van der Waals surface area contributed by atoms with Gasteiger partial charge >= 0.3 is 0 Å². The Balaban J connectivity index is 1.45. The molecule has 0 aromatic heterocycles. The summed E-state index contributed by atoms with van der Waals surface area (Å²) < 4.78 is 5.33. The lowest BCUT2D eigenvalue weighted by Crippen LogP contribution is -2.46. The number of hydrogen-bond acceptors (Lipinski definition) is 3. The van der Waals surface area contributed by atoms with E-state index in [4.69, 9.17) is 16.3 Å². The van der Waals surface area contributed by atoms with Gasteiger partial charge in [-0.25, -0.2) is 0 Å². The first-order valence-electron chi connectivity index (χ1n) is 8.73. The second kappa shape index (κ2) is 8.65. The van der Waals surface area contributed by atoms with Crippen molar-refractivity contribution in [3.05, 3.63) is 40.9 Å². The molecule has 1 aromatic rings. The average molecular weight is 349 g/mol. The first-order chi connectivity index (χ1) is 11.7. The summed E-state index contributed by atoms with van der Waals surface area (Å²) in [6.07, 6.45) is 6.40. The van der Waals surface area contributed by atoms with E-state index in [1.807, 2.05) is 29.2 Å². The Morgan fingerprint density at radius 2 is 1.88 bits per heavy atom. The Bertz CT molecular complexity index is 576. The topological polar surface area (TPSA) is 32.8 Å². The SMILES string of the molecule is O=C(CN1CCOCC1)N1CCC(/C=C/c2ccccc2Cl)CC1. The van der Waals surface area contributed by atoms with Crippen LogP contribution in [0.3, 0.4) is 0 Å². The lowest BCUT2D eigenvalue weighted by molar-refractivity contribution is -0.134. The Morgan fingerprint density at radius 1 is 1.17 bits per heavy atom. The van der Waals surface area contributed by atoms with Gasteiger partial charge in [-0.1, -0.05) is 42.0 Å². The van der Waals surface area contributed by atoms with Crippen molar-refractivity contribution in [1.29, 1.82) is 0 Å². The van der Waals surface area contributed by atoms with Crippen LogP contribution >= 0.6 is 11.6 Å². The van der Waals surface area contributed by atoms with Gasteiger partial charge in [-0.05, 0) is 30.4 Å². The van der Waals surface area contributed by atoms with Crippen molar-refractivity contribution in [1.82, 2.24) is 9.80 Å². The zero-order chi connectivity index (χ0) is 16.8. The van der Waals surface area contributed by atoms with Crippen LogP contribution in [0.2, 0.25) is 5.02 Å². The molecule has 2 fully saturated rings. The molecule has 130 valence electrons. The number of hydrogen-bond donors (Lipinski definition) is 0. The summed E-state index contributed by atoms with van der Waals surface area (Å²) in [6, 6.07) is 7.88. The highest BCUT2D eigenvalue weighted by Gasteiger charge is 2.23. The summed E-state index contributed by atoms with van der Waals surface area (Å²) in [6.45, 7) is 5.43. The zero-order valence-electron chi connectivity index (χ0n) is 14.0. The summed E-state index contributed by atoms with van der Waals surface area (Å²) in [5.41, 5.74) is 1.06. The van der Waals surface area contributed by atoms with Crippen molar-refractivity contribution in [2.75, 3.05) is 45.9 Å². The van der Waals surface area contributed by atoms with Crippen LogP contribution in [0, 0.1) is 5.92 Å². The number of allylic oxidation sites excluding steroid dienone is 1. The second-order valence-corrected chi connectivity index (χ2v) is 6.89. The maximum Gasteiger partial charge on any atom is 0.236 e. The molecule has 2 saturated heterocycles. The molecule has 24 heavy (non-hydrogen) atoms. The molecule has 2 aliphatic rings. The van der Waals surface area contributed by atoms with Crippen molar-refractivity contribution >= 4 is 23.6 Å². The van der Waals surface area contributed by atoms with Crippen LogP contribution in [0.5, 0.6) is 0 Å². The van der Waals surface area contributed by atoms with Crippen molar-refractivity contribution < 1.29 is 9.53 Å². The zero-order valence-corrected chi connectivity index (χ0v) is 14.8. The summed E-state index contributed by atoms with van der Waals surface area (Å²) in [7, 11) is 0. The van der Waals surface area contributed by atoms with E-state index in [1.165, 1.54) is 0 Å². The summed E-state index contributed by atoms with van der Waals surface area (Å²) >= 11 is 6.18. The molecule has 1 aromatic carbocycles. The molecule has 5 heteroatoms. The molecular formula is C19H25ClN2O2. The van der Waals surface area contributed by atoms with E-state index in [1.54, 1.807) is 0 Å². The van der Waals surface area contributed by atoms with E-state index in [-0.39, 0.29) is 5.91 Å². The lowest BCUT2D eigenvalue weighted by atomic mass is 9.95. The predicted molar refractivity (Wildman–Crippen MR) is 97.0 cm³/mol. The fraction of sp³-hybridized carbons (Fsp3) is 0.526. The van der Waals surface area contributed by atoms with Crippen LogP contribution in [0.25, 0.3) is 6.08 Å². The van der Waals surface area contributed by atoms with E-state index >= 15 is 0 Å². The molecule has 0 atom stereocenters. The summed E-state index contributed by atoms with van der Waals surface area (Å²) in [5.74, 6) is 0.777. The van der Waals surface area contributed by atoms with Gasteiger partial charge in [-0.3, -0.25) is 9.69 Å². The molecule has 0 bridgehead atoms. The number of amides is 1. The Kier molecular flexibility index (Phi) is 6.30. The third-order valence-corrected chi connectivity index (χ3v) is 5.15. The van der Waals surface area contributed by atoms with Crippen LogP contribution in [0.15, 0.2) is 30.3 Å². The van der Waals surface area contributed by atoms with Crippen LogP contribution < -0.4 is 0 Å². The van der Waals surface area contributed by atoms with Gasteiger partial charge in [0.1, 0.15) is 0 Å².